The predicted octanol–water partition coefficient (Wildman–Crippen LogP) is 3.41. The van der Waals surface area contributed by atoms with Crippen molar-refractivity contribution in [1.82, 2.24) is 4.90 Å². The maximum absolute atomic E-state index is 12.5. The lowest BCUT2D eigenvalue weighted by Gasteiger charge is -2.35. The molecule has 0 aliphatic carbocycles. The molecule has 1 aliphatic heterocycles. The number of likely N-dealkylation sites (tertiary alicyclic amines) is 1. The molecule has 20 heavy (non-hydrogen) atoms. The van der Waals surface area contributed by atoms with Crippen LogP contribution in [0.1, 0.15) is 37.0 Å². The first-order chi connectivity index (χ1) is 9.61. The van der Waals surface area contributed by atoms with Gasteiger partial charge in [-0.25, -0.2) is 0 Å². The quantitative estimate of drug-likeness (QED) is 0.780. The van der Waals surface area contributed by atoms with Gasteiger partial charge in [-0.3, -0.25) is 9.69 Å². The molecule has 0 N–H and O–H groups in total. The number of hydrogen-bond donors (Lipinski definition) is 0. The van der Waals surface area contributed by atoms with E-state index in [1.165, 1.54) is 0 Å². The Morgan fingerprint density at radius 1 is 1.45 bits per heavy atom. The second kappa shape index (κ2) is 7.21. The summed E-state index contributed by atoms with van der Waals surface area (Å²) in [6.07, 6.45) is 2.43. The fourth-order valence-electron chi connectivity index (χ4n) is 2.71. The molecule has 3 nitrogen and oxygen atoms in total. The molecule has 0 radical (unpaired) electrons. The molecule has 0 saturated carbocycles. The number of piperidine rings is 1. The molecule has 1 heterocycles. The normalized spacial score (nSPS) is 21.6. The number of nitrogens with zero attached hydrogens (tertiary/aromatic N) is 1. The average molecular weight is 296 g/mol. The van der Waals surface area contributed by atoms with Gasteiger partial charge in [-0.2, -0.15) is 0 Å². The summed E-state index contributed by atoms with van der Waals surface area (Å²) < 4.78 is 5.69. The lowest BCUT2D eigenvalue weighted by molar-refractivity contribution is -0.00290. The van der Waals surface area contributed by atoms with Gasteiger partial charge in [-0.05, 0) is 57.5 Å². The van der Waals surface area contributed by atoms with Crippen LogP contribution in [-0.4, -0.2) is 42.5 Å². The van der Waals surface area contributed by atoms with E-state index in [9.17, 15) is 4.79 Å². The summed E-state index contributed by atoms with van der Waals surface area (Å²) in [5.74, 6) is 0.152. The first-order valence-corrected chi connectivity index (χ1v) is 7.65. The van der Waals surface area contributed by atoms with Crippen molar-refractivity contribution in [2.24, 2.45) is 0 Å². The number of halogens is 1. The van der Waals surface area contributed by atoms with Crippen LogP contribution in [0.25, 0.3) is 0 Å². The molecule has 0 spiro atoms. The van der Waals surface area contributed by atoms with Crippen LogP contribution in [0.5, 0.6) is 0 Å². The summed E-state index contributed by atoms with van der Waals surface area (Å²) in [7, 11) is 0. The second-order valence-corrected chi connectivity index (χ2v) is 5.70. The molecule has 4 heteroatoms. The average Bonchev–Trinajstić information content (AvgIpc) is 2.47. The lowest BCUT2D eigenvalue weighted by atomic mass is 10.0. The number of rotatable bonds is 5. The van der Waals surface area contributed by atoms with Crippen LogP contribution in [0, 0.1) is 0 Å². The van der Waals surface area contributed by atoms with Crippen LogP contribution in [0.3, 0.4) is 0 Å². The maximum Gasteiger partial charge on any atom is 0.179 e. The fourth-order valence-corrected chi connectivity index (χ4v) is 2.84. The minimum Gasteiger partial charge on any atom is -0.377 e. The molecule has 0 aromatic heterocycles. The van der Waals surface area contributed by atoms with Crippen molar-refractivity contribution in [2.45, 2.75) is 38.8 Å². The van der Waals surface area contributed by atoms with Gasteiger partial charge in [0.1, 0.15) is 0 Å². The summed E-state index contributed by atoms with van der Waals surface area (Å²) in [4.78, 5) is 14.7. The monoisotopic (exact) mass is 295 g/mol. The number of benzene rings is 1. The van der Waals surface area contributed by atoms with E-state index in [-0.39, 0.29) is 17.9 Å². The standard InChI is InChI=1S/C16H22ClNO2/c1-3-20-15-5-4-10-18(11-15)12(2)16(19)13-6-8-14(17)9-7-13/h6-9,12,15H,3-5,10-11H2,1-2H3. The topological polar surface area (TPSA) is 29.5 Å². The van der Waals surface area contributed by atoms with Gasteiger partial charge in [0.2, 0.25) is 0 Å². The third-order valence-corrected chi connectivity index (χ3v) is 4.12. The van der Waals surface area contributed by atoms with E-state index in [1.807, 2.05) is 13.8 Å². The van der Waals surface area contributed by atoms with Crippen LogP contribution >= 0.6 is 11.6 Å². The van der Waals surface area contributed by atoms with Crippen LogP contribution in [0.4, 0.5) is 0 Å². The molecule has 2 rings (SSSR count). The van der Waals surface area contributed by atoms with Crippen LogP contribution in [0.15, 0.2) is 24.3 Å². The molecule has 0 amide bonds. The smallest absolute Gasteiger partial charge is 0.179 e. The predicted molar refractivity (Wildman–Crippen MR) is 81.5 cm³/mol. The number of Topliss-reactive ketones (excluding diaryl/α,β-unsaturated/α-hetero) is 1. The third kappa shape index (κ3) is 3.81. The SMILES string of the molecule is CCOC1CCCN(C(C)C(=O)c2ccc(Cl)cc2)C1. The van der Waals surface area contributed by atoms with Crippen LogP contribution in [0.2, 0.25) is 5.02 Å². The van der Waals surface area contributed by atoms with Gasteiger partial charge in [0, 0.05) is 23.7 Å². The molecular formula is C16H22ClNO2. The van der Waals surface area contributed by atoms with Gasteiger partial charge >= 0.3 is 0 Å². The minimum atomic E-state index is -0.112. The Bertz CT molecular complexity index is 444. The van der Waals surface area contributed by atoms with E-state index >= 15 is 0 Å². The van der Waals surface area contributed by atoms with Gasteiger partial charge in [-0.1, -0.05) is 11.6 Å². The molecule has 1 aromatic rings. The van der Waals surface area contributed by atoms with Crippen molar-refractivity contribution >= 4 is 17.4 Å². The van der Waals surface area contributed by atoms with E-state index in [0.717, 1.165) is 38.1 Å². The van der Waals surface area contributed by atoms with E-state index in [0.29, 0.717) is 5.02 Å². The Balaban J connectivity index is 2.00. The second-order valence-electron chi connectivity index (χ2n) is 5.26. The first-order valence-electron chi connectivity index (χ1n) is 7.27. The van der Waals surface area contributed by atoms with E-state index in [4.69, 9.17) is 16.3 Å². The molecule has 110 valence electrons. The number of hydrogen-bond acceptors (Lipinski definition) is 3. The Morgan fingerprint density at radius 3 is 2.80 bits per heavy atom. The van der Waals surface area contributed by atoms with Gasteiger partial charge in [0.25, 0.3) is 0 Å². The van der Waals surface area contributed by atoms with Gasteiger partial charge in [0.05, 0.1) is 12.1 Å². The zero-order valence-electron chi connectivity index (χ0n) is 12.1. The van der Waals surface area contributed by atoms with Crippen LogP contribution in [-0.2, 0) is 4.74 Å². The van der Waals surface area contributed by atoms with E-state index < -0.39 is 0 Å². The fraction of sp³-hybridized carbons (Fsp3) is 0.562. The summed E-state index contributed by atoms with van der Waals surface area (Å²) in [6, 6.07) is 7.01. The largest absolute Gasteiger partial charge is 0.377 e. The summed E-state index contributed by atoms with van der Waals surface area (Å²) >= 11 is 5.86. The molecule has 0 bridgehead atoms. The highest BCUT2D eigenvalue weighted by Gasteiger charge is 2.28. The highest BCUT2D eigenvalue weighted by Crippen LogP contribution is 2.19. The van der Waals surface area contributed by atoms with Crippen molar-refractivity contribution in [1.29, 1.82) is 0 Å². The Labute approximate surface area is 125 Å². The third-order valence-electron chi connectivity index (χ3n) is 3.87. The van der Waals surface area contributed by atoms with Gasteiger partial charge in [-0.15, -0.1) is 0 Å². The lowest BCUT2D eigenvalue weighted by Crippen LogP contribution is -2.47. The van der Waals surface area contributed by atoms with Gasteiger partial charge < -0.3 is 4.74 Å². The summed E-state index contributed by atoms with van der Waals surface area (Å²) in [6.45, 7) is 6.53. The van der Waals surface area contributed by atoms with E-state index in [2.05, 4.69) is 4.90 Å². The van der Waals surface area contributed by atoms with Crippen molar-refractivity contribution in [3.05, 3.63) is 34.9 Å². The zero-order chi connectivity index (χ0) is 14.5. The van der Waals surface area contributed by atoms with Crippen molar-refractivity contribution < 1.29 is 9.53 Å². The highest BCUT2D eigenvalue weighted by atomic mass is 35.5. The van der Waals surface area contributed by atoms with Crippen molar-refractivity contribution in [3.8, 4) is 0 Å². The summed E-state index contributed by atoms with van der Waals surface area (Å²) in [5, 5.41) is 0.656. The Morgan fingerprint density at radius 2 is 2.15 bits per heavy atom. The molecule has 1 saturated heterocycles. The number of ether oxygens (including phenoxy) is 1. The minimum absolute atomic E-state index is 0.112. The molecule has 2 atom stereocenters. The van der Waals surface area contributed by atoms with Crippen molar-refractivity contribution in [3.63, 3.8) is 0 Å². The molecule has 2 unspecified atom stereocenters. The first kappa shape index (κ1) is 15.5. The molecule has 1 aromatic carbocycles. The van der Waals surface area contributed by atoms with Gasteiger partial charge in [0.15, 0.2) is 5.78 Å². The van der Waals surface area contributed by atoms with Crippen LogP contribution < -0.4 is 0 Å². The summed E-state index contributed by atoms with van der Waals surface area (Å²) in [5.41, 5.74) is 0.723. The number of carbonyl (C=O) groups excluding carboxylic acids is 1. The highest BCUT2D eigenvalue weighted by molar-refractivity contribution is 6.30. The zero-order valence-corrected chi connectivity index (χ0v) is 12.9. The molecule has 1 fully saturated rings. The van der Waals surface area contributed by atoms with E-state index in [1.54, 1.807) is 24.3 Å². The number of ketones is 1. The Kier molecular flexibility index (Phi) is 5.58. The molecule has 1 aliphatic rings. The Hall–Kier alpha value is -0.900. The molecular weight excluding hydrogens is 274 g/mol. The van der Waals surface area contributed by atoms with Crippen molar-refractivity contribution in [2.75, 3.05) is 19.7 Å². The maximum atomic E-state index is 12.5. The number of carbonyl (C=O) groups is 1.